The molecule has 1 aliphatic carbocycles. The van der Waals surface area contributed by atoms with Crippen molar-refractivity contribution in [2.45, 2.75) is 32.4 Å². The number of halogens is 1. The lowest BCUT2D eigenvalue weighted by Gasteiger charge is -2.16. The van der Waals surface area contributed by atoms with E-state index in [-0.39, 0.29) is 29.5 Å². The van der Waals surface area contributed by atoms with Gasteiger partial charge in [-0.2, -0.15) is 0 Å². The maximum atomic E-state index is 12.0. The number of hydrogen-bond acceptors (Lipinski definition) is 2. The van der Waals surface area contributed by atoms with Crippen LogP contribution in [0, 0.1) is 6.92 Å². The van der Waals surface area contributed by atoms with Crippen LogP contribution in [0.25, 0.3) is 0 Å². The molecule has 0 bridgehead atoms. The molecule has 0 aliphatic heterocycles. The van der Waals surface area contributed by atoms with Crippen molar-refractivity contribution in [2.75, 3.05) is 7.05 Å². The van der Waals surface area contributed by atoms with Crippen LogP contribution in [0.4, 0.5) is 0 Å². The highest BCUT2D eigenvalue weighted by molar-refractivity contribution is 14.0. The minimum atomic E-state index is 0. The highest BCUT2D eigenvalue weighted by atomic mass is 127. The second-order valence-corrected chi connectivity index (χ2v) is 4.88. The Kier molecular flexibility index (Phi) is 5.39. The first-order chi connectivity index (χ1) is 8.50. The summed E-state index contributed by atoms with van der Waals surface area (Å²) < 4.78 is 1.63. The Bertz CT molecular complexity index is 534. The SMILES string of the molecule is Cc1ccc(CN=C(N)N(C)C2CC2)c(=O)n1C.I. The molecular formula is C13H21IN4O. The smallest absolute Gasteiger partial charge is 0.255 e. The molecule has 1 fully saturated rings. The zero-order chi connectivity index (χ0) is 13.3. The van der Waals surface area contributed by atoms with Crippen molar-refractivity contribution in [1.29, 1.82) is 0 Å². The van der Waals surface area contributed by atoms with Crippen molar-refractivity contribution >= 4 is 29.9 Å². The summed E-state index contributed by atoms with van der Waals surface area (Å²) in [6.07, 6.45) is 2.36. The van der Waals surface area contributed by atoms with Crippen LogP contribution in [0.1, 0.15) is 24.1 Å². The number of rotatable bonds is 3. The zero-order valence-electron chi connectivity index (χ0n) is 11.6. The molecule has 0 atom stereocenters. The molecule has 5 nitrogen and oxygen atoms in total. The Hall–Kier alpha value is -1.05. The van der Waals surface area contributed by atoms with E-state index in [1.807, 2.05) is 31.0 Å². The number of hydrogen-bond donors (Lipinski definition) is 1. The number of aryl methyl sites for hydroxylation is 1. The monoisotopic (exact) mass is 376 g/mol. The maximum absolute atomic E-state index is 12.0. The normalized spacial score (nSPS) is 15.0. The van der Waals surface area contributed by atoms with Gasteiger partial charge in [-0.25, -0.2) is 4.99 Å². The third kappa shape index (κ3) is 3.71. The third-order valence-corrected chi connectivity index (χ3v) is 3.50. The summed E-state index contributed by atoms with van der Waals surface area (Å²) in [5.41, 5.74) is 7.51. The molecular weight excluding hydrogens is 355 g/mol. The van der Waals surface area contributed by atoms with Crippen LogP contribution in [0.5, 0.6) is 0 Å². The topological polar surface area (TPSA) is 63.6 Å². The summed E-state index contributed by atoms with van der Waals surface area (Å²) in [6.45, 7) is 2.25. The summed E-state index contributed by atoms with van der Waals surface area (Å²) >= 11 is 0. The number of guanidine groups is 1. The van der Waals surface area contributed by atoms with E-state index < -0.39 is 0 Å². The van der Waals surface area contributed by atoms with Gasteiger partial charge in [0.05, 0.1) is 6.54 Å². The minimum Gasteiger partial charge on any atom is -0.370 e. The van der Waals surface area contributed by atoms with Crippen molar-refractivity contribution in [3.63, 3.8) is 0 Å². The first-order valence-electron chi connectivity index (χ1n) is 6.19. The fraction of sp³-hybridized carbons (Fsp3) is 0.538. The molecule has 1 heterocycles. The Labute approximate surface area is 130 Å². The van der Waals surface area contributed by atoms with E-state index in [0.29, 0.717) is 24.1 Å². The van der Waals surface area contributed by atoms with Crippen LogP contribution in [0.2, 0.25) is 0 Å². The second-order valence-electron chi connectivity index (χ2n) is 4.88. The quantitative estimate of drug-likeness (QED) is 0.490. The van der Waals surface area contributed by atoms with Crippen LogP contribution >= 0.6 is 24.0 Å². The van der Waals surface area contributed by atoms with Crippen LogP contribution in [-0.4, -0.2) is 28.5 Å². The van der Waals surface area contributed by atoms with Crippen molar-refractivity contribution in [3.05, 3.63) is 33.7 Å². The van der Waals surface area contributed by atoms with Gasteiger partial charge < -0.3 is 15.2 Å². The van der Waals surface area contributed by atoms with Gasteiger partial charge in [0.1, 0.15) is 0 Å². The highest BCUT2D eigenvalue weighted by Crippen LogP contribution is 2.24. The van der Waals surface area contributed by atoms with Crippen molar-refractivity contribution in [1.82, 2.24) is 9.47 Å². The summed E-state index contributed by atoms with van der Waals surface area (Å²) in [4.78, 5) is 18.2. The average molecular weight is 376 g/mol. The summed E-state index contributed by atoms with van der Waals surface area (Å²) in [6, 6.07) is 4.29. The fourth-order valence-electron chi connectivity index (χ4n) is 1.83. The molecule has 1 aromatic heterocycles. The van der Waals surface area contributed by atoms with Gasteiger partial charge in [-0.15, -0.1) is 24.0 Å². The molecule has 19 heavy (non-hydrogen) atoms. The number of aromatic nitrogens is 1. The van der Waals surface area contributed by atoms with Crippen molar-refractivity contribution in [2.24, 2.45) is 17.8 Å². The molecule has 1 aromatic rings. The van der Waals surface area contributed by atoms with Gasteiger partial charge in [-0.05, 0) is 31.9 Å². The van der Waals surface area contributed by atoms with Gasteiger partial charge in [0.15, 0.2) is 5.96 Å². The number of nitrogens with two attached hydrogens (primary N) is 1. The average Bonchev–Trinajstić information content (AvgIpc) is 3.18. The molecule has 2 rings (SSSR count). The number of pyridine rings is 1. The van der Waals surface area contributed by atoms with E-state index in [4.69, 9.17) is 5.73 Å². The van der Waals surface area contributed by atoms with Gasteiger partial charge in [0.25, 0.3) is 5.56 Å². The van der Waals surface area contributed by atoms with Gasteiger partial charge >= 0.3 is 0 Å². The first-order valence-corrected chi connectivity index (χ1v) is 6.19. The maximum Gasteiger partial charge on any atom is 0.255 e. The predicted molar refractivity (Wildman–Crippen MR) is 87.9 cm³/mol. The molecule has 1 aliphatic rings. The number of nitrogens with zero attached hydrogens (tertiary/aromatic N) is 3. The lowest BCUT2D eigenvalue weighted by molar-refractivity contribution is 0.487. The minimum absolute atomic E-state index is 0. The lowest BCUT2D eigenvalue weighted by Crippen LogP contribution is -2.35. The zero-order valence-corrected chi connectivity index (χ0v) is 13.9. The third-order valence-electron chi connectivity index (χ3n) is 3.50. The Morgan fingerprint density at radius 1 is 1.53 bits per heavy atom. The molecule has 2 N–H and O–H groups in total. The molecule has 0 radical (unpaired) electrons. The Balaban J connectivity index is 0.00000180. The first kappa shape index (κ1) is 16.0. The molecule has 0 spiro atoms. The molecule has 0 amide bonds. The van der Waals surface area contributed by atoms with E-state index in [2.05, 4.69) is 4.99 Å². The van der Waals surface area contributed by atoms with Crippen molar-refractivity contribution < 1.29 is 0 Å². The van der Waals surface area contributed by atoms with E-state index in [1.54, 1.807) is 11.6 Å². The van der Waals surface area contributed by atoms with Gasteiger partial charge in [-0.3, -0.25) is 4.79 Å². The van der Waals surface area contributed by atoms with Crippen LogP contribution in [0.3, 0.4) is 0 Å². The Morgan fingerprint density at radius 2 is 2.16 bits per heavy atom. The molecule has 1 saturated carbocycles. The summed E-state index contributed by atoms with van der Waals surface area (Å²) in [5, 5.41) is 0. The van der Waals surface area contributed by atoms with Crippen LogP contribution in [0.15, 0.2) is 21.9 Å². The van der Waals surface area contributed by atoms with E-state index in [0.717, 1.165) is 5.69 Å². The molecule has 106 valence electrons. The fourth-order valence-corrected chi connectivity index (χ4v) is 1.83. The molecule has 0 saturated heterocycles. The lowest BCUT2D eigenvalue weighted by atomic mass is 10.2. The van der Waals surface area contributed by atoms with E-state index in [1.165, 1.54) is 12.8 Å². The summed E-state index contributed by atoms with van der Waals surface area (Å²) in [7, 11) is 3.72. The van der Waals surface area contributed by atoms with Crippen LogP contribution in [-0.2, 0) is 13.6 Å². The predicted octanol–water partition coefficient (Wildman–Crippen LogP) is 1.22. The van der Waals surface area contributed by atoms with Gasteiger partial charge in [0.2, 0.25) is 0 Å². The standard InChI is InChI=1S/C13H20N4O.HI/c1-9-4-5-10(12(18)16(9)2)8-15-13(14)17(3)11-6-7-11;/h4-5,11H,6-8H2,1-3H3,(H2,14,15);1H. The molecule has 0 unspecified atom stereocenters. The largest absolute Gasteiger partial charge is 0.370 e. The summed E-state index contributed by atoms with van der Waals surface area (Å²) in [5.74, 6) is 0.514. The number of aliphatic imine (C=N–C) groups is 1. The van der Waals surface area contributed by atoms with Gasteiger partial charge in [-0.1, -0.05) is 0 Å². The molecule has 6 heteroatoms. The highest BCUT2D eigenvalue weighted by Gasteiger charge is 2.27. The van der Waals surface area contributed by atoms with Crippen molar-refractivity contribution in [3.8, 4) is 0 Å². The van der Waals surface area contributed by atoms with E-state index >= 15 is 0 Å². The van der Waals surface area contributed by atoms with E-state index in [9.17, 15) is 4.79 Å². The van der Waals surface area contributed by atoms with Gasteiger partial charge in [0, 0.05) is 31.4 Å². The second kappa shape index (κ2) is 6.40. The Morgan fingerprint density at radius 3 is 2.74 bits per heavy atom. The molecule has 0 aromatic carbocycles. The van der Waals surface area contributed by atoms with Crippen LogP contribution < -0.4 is 11.3 Å².